The van der Waals surface area contributed by atoms with Gasteiger partial charge in [0.1, 0.15) is 5.54 Å². The SMILES string of the molecule is CC1(c2nnnn2C(C)(C)C)CC(=O)Nc2cc([N+](=O)[O-])ccc2N1. The summed E-state index contributed by atoms with van der Waals surface area (Å²) in [4.78, 5) is 22.9. The fraction of sp³-hybridized carbons (Fsp3) is 0.467. The van der Waals surface area contributed by atoms with Crippen LogP contribution in [0, 0.1) is 10.1 Å². The summed E-state index contributed by atoms with van der Waals surface area (Å²) < 4.78 is 1.67. The van der Waals surface area contributed by atoms with Gasteiger partial charge in [-0.15, -0.1) is 5.10 Å². The van der Waals surface area contributed by atoms with Crippen molar-refractivity contribution in [3.05, 3.63) is 34.1 Å². The van der Waals surface area contributed by atoms with Gasteiger partial charge in [0.15, 0.2) is 5.82 Å². The van der Waals surface area contributed by atoms with Crippen molar-refractivity contribution in [3.8, 4) is 0 Å². The van der Waals surface area contributed by atoms with Crippen molar-refractivity contribution in [1.82, 2.24) is 20.2 Å². The lowest BCUT2D eigenvalue weighted by Crippen LogP contribution is -2.40. The molecule has 2 N–H and O–H groups in total. The Morgan fingerprint density at radius 2 is 2.04 bits per heavy atom. The molecule has 132 valence electrons. The van der Waals surface area contributed by atoms with Crippen molar-refractivity contribution in [2.45, 2.75) is 45.2 Å². The zero-order valence-corrected chi connectivity index (χ0v) is 14.4. The van der Waals surface area contributed by atoms with E-state index in [-0.39, 0.29) is 23.6 Å². The fourth-order valence-electron chi connectivity index (χ4n) is 2.83. The van der Waals surface area contributed by atoms with E-state index in [1.165, 1.54) is 12.1 Å². The van der Waals surface area contributed by atoms with Crippen LogP contribution >= 0.6 is 0 Å². The van der Waals surface area contributed by atoms with Gasteiger partial charge in [-0.3, -0.25) is 14.9 Å². The van der Waals surface area contributed by atoms with Crippen molar-refractivity contribution in [1.29, 1.82) is 0 Å². The molecule has 0 aliphatic carbocycles. The molecule has 25 heavy (non-hydrogen) atoms. The number of carbonyl (C=O) groups excluding carboxylic acids is 1. The highest BCUT2D eigenvalue weighted by Crippen LogP contribution is 2.37. The van der Waals surface area contributed by atoms with Gasteiger partial charge >= 0.3 is 0 Å². The molecule has 10 heteroatoms. The predicted octanol–water partition coefficient (Wildman–Crippen LogP) is 2.01. The van der Waals surface area contributed by atoms with Crippen LogP contribution in [0.15, 0.2) is 18.2 Å². The lowest BCUT2D eigenvalue weighted by Gasteiger charge is -2.31. The average molecular weight is 345 g/mol. The van der Waals surface area contributed by atoms with Gasteiger partial charge in [0.05, 0.1) is 28.3 Å². The molecular formula is C15H19N7O3. The number of nitro groups is 1. The fourth-order valence-corrected chi connectivity index (χ4v) is 2.83. The first-order chi connectivity index (χ1) is 11.6. The number of hydrogen-bond donors (Lipinski definition) is 2. The van der Waals surface area contributed by atoms with Gasteiger partial charge in [-0.05, 0) is 44.2 Å². The van der Waals surface area contributed by atoms with Crippen LogP contribution in [0.2, 0.25) is 0 Å². The molecular weight excluding hydrogens is 326 g/mol. The Hall–Kier alpha value is -3.04. The summed E-state index contributed by atoms with van der Waals surface area (Å²) >= 11 is 0. The smallest absolute Gasteiger partial charge is 0.271 e. The number of fused-ring (bicyclic) bond motifs is 1. The van der Waals surface area contributed by atoms with E-state index in [1.54, 1.807) is 10.7 Å². The van der Waals surface area contributed by atoms with E-state index >= 15 is 0 Å². The lowest BCUT2D eigenvalue weighted by molar-refractivity contribution is -0.384. The maximum Gasteiger partial charge on any atom is 0.271 e. The van der Waals surface area contributed by atoms with Crippen LogP contribution in [0.3, 0.4) is 0 Å². The molecule has 1 amide bonds. The van der Waals surface area contributed by atoms with Crippen molar-refractivity contribution < 1.29 is 9.72 Å². The van der Waals surface area contributed by atoms with Gasteiger partial charge in [-0.1, -0.05) is 0 Å². The summed E-state index contributed by atoms with van der Waals surface area (Å²) in [5.41, 5.74) is -0.406. The Morgan fingerprint density at radius 1 is 1.32 bits per heavy atom. The quantitative estimate of drug-likeness (QED) is 0.629. The molecule has 1 aromatic heterocycles. The van der Waals surface area contributed by atoms with Crippen molar-refractivity contribution in [2.75, 3.05) is 10.6 Å². The van der Waals surface area contributed by atoms with E-state index in [9.17, 15) is 14.9 Å². The third-order valence-corrected chi connectivity index (χ3v) is 4.01. The van der Waals surface area contributed by atoms with E-state index in [0.29, 0.717) is 17.2 Å². The molecule has 0 saturated heterocycles. The molecule has 0 radical (unpaired) electrons. The van der Waals surface area contributed by atoms with E-state index in [1.807, 2.05) is 27.7 Å². The number of hydrogen-bond acceptors (Lipinski definition) is 7. The van der Waals surface area contributed by atoms with Gasteiger partial charge in [-0.2, -0.15) is 0 Å². The van der Waals surface area contributed by atoms with Crippen LogP contribution in [-0.4, -0.2) is 31.0 Å². The molecule has 1 aromatic carbocycles. The number of non-ortho nitro benzene ring substituents is 1. The Morgan fingerprint density at radius 3 is 2.68 bits per heavy atom. The van der Waals surface area contributed by atoms with Crippen LogP contribution in [0.4, 0.5) is 17.1 Å². The number of nitrogens with zero attached hydrogens (tertiary/aromatic N) is 5. The maximum absolute atomic E-state index is 12.4. The lowest BCUT2D eigenvalue weighted by atomic mass is 9.94. The van der Waals surface area contributed by atoms with Crippen LogP contribution in [0.5, 0.6) is 0 Å². The number of tetrazole rings is 1. The summed E-state index contributed by atoms with van der Waals surface area (Å²) in [6.45, 7) is 7.72. The highest BCUT2D eigenvalue weighted by Gasteiger charge is 2.40. The summed E-state index contributed by atoms with van der Waals surface area (Å²) in [6, 6.07) is 4.29. The number of rotatable bonds is 2. The number of nitro benzene ring substituents is 1. The first kappa shape index (κ1) is 16.8. The van der Waals surface area contributed by atoms with Crippen LogP contribution in [0.25, 0.3) is 0 Å². The number of benzene rings is 1. The summed E-state index contributed by atoms with van der Waals surface area (Å²) in [7, 11) is 0. The second kappa shape index (κ2) is 5.50. The Bertz CT molecular complexity index is 855. The van der Waals surface area contributed by atoms with Crippen LogP contribution in [-0.2, 0) is 15.9 Å². The molecule has 2 aromatic rings. The van der Waals surface area contributed by atoms with E-state index < -0.39 is 10.5 Å². The number of carbonyl (C=O) groups is 1. The van der Waals surface area contributed by atoms with E-state index in [0.717, 1.165) is 0 Å². The van der Waals surface area contributed by atoms with Crippen molar-refractivity contribution in [2.24, 2.45) is 0 Å². The number of amides is 1. The Kier molecular flexibility index (Phi) is 3.70. The second-order valence-corrected chi connectivity index (χ2v) is 7.25. The van der Waals surface area contributed by atoms with Crippen LogP contribution in [0.1, 0.15) is 39.9 Å². The number of anilines is 2. The average Bonchev–Trinajstić information content (AvgIpc) is 2.94. The molecule has 0 fully saturated rings. The number of aromatic nitrogens is 4. The standard InChI is InChI=1S/C15H19N7O3/c1-14(2,3)21-13(18-19-20-21)15(4)8-12(23)16-11-7-9(22(24)25)5-6-10(11)17-15/h5-7,17H,8H2,1-4H3,(H,16,23). The molecule has 10 nitrogen and oxygen atoms in total. The summed E-state index contributed by atoms with van der Waals surface area (Å²) in [6.07, 6.45) is 0.0753. The van der Waals surface area contributed by atoms with Gasteiger partial charge in [0.2, 0.25) is 5.91 Å². The van der Waals surface area contributed by atoms with Crippen molar-refractivity contribution >= 4 is 23.0 Å². The van der Waals surface area contributed by atoms with Crippen molar-refractivity contribution in [3.63, 3.8) is 0 Å². The minimum atomic E-state index is -0.873. The number of nitrogens with one attached hydrogen (secondary N) is 2. The zero-order chi connectivity index (χ0) is 18.4. The molecule has 0 saturated carbocycles. The molecule has 1 aliphatic heterocycles. The third-order valence-electron chi connectivity index (χ3n) is 4.01. The van der Waals surface area contributed by atoms with Gasteiger partial charge in [-0.25, -0.2) is 4.68 Å². The molecule has 0 spiro atoms. The van der Waals surface area contributed by atoms with Crippen LogP contribution < -0.4 is 10.6 Å². The molecule has 3 rings (SSSR count). The van der Waals surface area contributed by atoms with Gasteiger partial charge in [0, 0.05) is 12.1 Å². The first-order valence-corrected chi connectivity index (χ1v) is 7.76. The van der Waals surface area contributed by atoms with E-state index in [2.05, 4.69) is 26.2 Å². The minimum Gasteiger partial charge on any atom is -0.371 e. The van der Waals surface area contributed by atoms with E-state index in [4.69, 9.17) is 0 Å². The third kappa shape index (κ3) is 3.02. The first-order valence-electron chi connectivity index (χ1n) is 7.76. The molecule has 2 heterocycles. The highest BCUT2D eigenvalue weighted by atomic mass is 16.6. The maximum atomic E-state index is 12.4. The predicted molar refractivity (Wildman–Crippen MR) is 90.1 cm³/mol. The molecule has 1 aliphatic rings. The second-order valence-electron chi connectivity index (χ2n) is 7.25. The zero-order valence-electron chi connectivity index (χ0n) is 14.4. The van der Waals surface area contributed by atoms with Gasteiger partial charge in [0.25, 0.3) is 5.69 Å². The largest absolute Gasteiger partial charge is 0.371 e. The highest BCUT2D eigenvalue weighted by molar-refractivity contribution is 5.97. The molecule has 1 unspecified atom stereocenters. The monoisotopic (exact) mass is 345 g/mol. The molecule has 1 atom stereocenters. The summed E-state index contributed by atoms with van der Waals surface area (Å²) in [5, 5.41) is 28.9. The minimum absolute atomic E-state index is 0.0753. The molecule has 0 bridgehead atoms. The van der Waals surface area contributed by atoms with Gasteiger partial charge < -0.3 is 10.6 Å². The summed E-state index contributed by atoms with van der Waals surface area (Å²) in [5.74, 6) is 0.235. The normalized spacial score (nSPS) is 20.2. The Balaban J connectivity index is 2.08. The topological polar surface area (TPSA) is 128 Å². The Labute approximate surface area is 143 Å².